The fourth-order valence-electron chi connectivity index (χ4n) is 2.32. The van der Waals surface area contributed by atoms with Crippen LogP contribution >= 0.6 is 11.3 Å². The Bertz CT molecular complexity index is 843. The number of nitrogens with one attached hydrogen (secondary N) is 1. The van der Waals surface area contributed by atoms with E-state index in [-0.39, 0.29) is 10.9 Å². The summed E-state index contributed by atoms with van der Waals surface area (Å²) in [6, 6.07) is 3.56. The maximum atomic E-state index is 12.3. The lowest BCUT2D eigenvalue weighted by molar-refractivity contribution is 0.102. The van der Waals surface area contributed by atoms with Gasteiger partial charge in [0.2, 0.25) is 10.0 Å². The number of carbonyl (C=O) groups is 1. The van der Waals surface area contributed by atoms with Crippen LogP contribution in [0.5, 0.6) is 0 Å². The predicted molar refractivity (Wildman–Crippen MR) is 89.6 cm³/mol. The number of hydrogen-bond acceptors (Lipinski definition) is 6. The fourth-order valence-corrected chi connectivity index (χ4v) is 4.31. The van der Waals surface area contributed by atoms with Gasteiger partial charge in [0, 0.05) is 12.7 Å². The van der Waals surface area contributed by atoms with Crippen molar-refractivity contribution in [3.63, 3.8) is 0 Å². The molecule has 1 amide bonds. The molecule has 122 valence electrons. The number of amides is 1. The molecule has 3 rings (SSSR count). The van der Waals surface area contributed by atoms with E-state index in [9.17, 15) is 13.2 Å². The van der Waals surface area contributed by atoms with Crippen molar-refractivity contribution in [1.29, 1.82) is 0 Å². The van der Waals surface area contributed by atoms with Gasteiger partial charge >= 0.3 is 0 Å². The maximum Gasteiger partial charge on any atom is 0.285 e. The number of sulfonamides is 1. The number of pyridine rings is 1. The number of aromatic nitrogens is 2. The molecule has 0 aliphatic carbocycles. The van der Waals surface area contributed by atoms with E-state index in [0.717, 1.165) is 29.5 Å². The molecule has 0 fully saturated rings. The third-order valence-electron chi connectivity index (χ3n) is 3.43. The highest BCUT2D eigenvalue weighted by Crippen LogP contribution is 2.33. The summed E-state index contributed by atoms with van der Waals surface area (Å²) >= 11 is 1.23. The molecule has 0 atom stereocenters. The van der Waals surface area contributed by atoms with Crippen LogP contribution in [0.15, 0.2) is 18.3 Å². The fraction of sp³-hybridized carbons (Fsp3) is 0.357. The van der Waals surface area contributed by atoms with Crippen LogP contribution in [-0.4, -0.2) is 37.1 Å². The molecule has 9 heteroatoms. The van der Waals surface area contributed by atoms with Crippen molar-refractivity contribution >= 4 is 38.9 Å². The van der Waals surface area contributed by atoms with Crippen LogP contribution in [0.3, 0.4) is 0 Å². The molecule has 1 aliphatic rings. The van der Waals surface area contributed by atoms with Gasteiger partial charge in [0.15, 0.2) is 10.8 Å². The van der Waals surface area contributed by atoms with E-state index in [0.29, 0.717) is 18.2 Å². The van der Waals surface area contributed by atoms with E-state index in [2.05, 4.69) is 15.3 Å². The second-order valence-electron chi connectivity index (χ2n) is 5.38. The number of anilines is 2. The average Bonchev–Trinajstić information content (AvgIpc) is 2.92. The molecular weight excluding hydrogens is 336 g/mol. The van der Waals surface area contributed by atoms with Gasteiger partial charge in [-0.25, -0.2) is 18.4 Å². The zero-order chi connectivity index (χ0) is 16.6. The second kappa shape index (κ2) is 5.89. The van der Waals surface area contributed by atoms with Crippen LogP contribution in [0.2, 0.25) is 0 Å². The molecule has 1 N–H and O–H groups in total. The highest BCUT2D eigenvalue weighted by atomic mass is 32.2. The van der Waals surface area contributed by atoms with Crippen molar-refractivity contribution in [2.24, 2.45) is 0 Å². The van der Waals surface area contributed by atoms with Gasteiger partial charge in [-0.15, -0.1) is 11.3 Å². The van der Waals surface area contributed by atoms with Crippen LogP contribution in [0.25, 0.3) is 0 Å². The van der Waals surface area contributed by atoms with Crippen LogP contribution in [-0.2, 0) is 16.4 Å². The Labute approximate surface area is 138 Å². The Morgan fingerprint density at radius 2 is 2.17 bits per heavy atom. The molecule has 0 radical (unpaired) electrons. The van der Waals surface area contributed by atoms with Crippen LogP contribution < -0.4 is 9.62 Å². The van der Waals surface area contributed by atoms with Crippen molar-refractivity contribution < 1.29 is 13.2 Å². The zero-order valence-corrected chi connectivity index (χ0v) is 14.4. The van der Waals surface area contributed by atoms with E-state index in [1.807, 2.05) is 13.0 Å². The molecule has 23 heavy (non-hydrogen) atoms. The predicted octanol–water partition coefficient (Wildman–Crippen LogP) is 1.81. The summed E-state index contributed by atoms with van der Waals surface area (Å²) in [5, 5.41) is 2.92. The third-order valence-corrected chi connectivity index (χ3v) is 5.68. The normalized spacial score (nSPS) is 14.4. The number of aryl methyl sites for hydroxylation is 2. The quantitative estimate of drug-likeness (QED) is 0.909. The average molecular weight is 352 g/mol. The van der Waals surface area contributed by atoms with Crippen molar-refractivity contribution in [3.8, 4) is 0 Å². The minimum atomic E-state index is -3.38. The lowest BCUT2D eigenvalue weighted by atomic mass is 10.2. The second-order valence-corrected chi connectivity index (χ2v) is 8.37. The maximum absolute atomic E-state index is 12.3. The molecular formula is C14H16N4O3S2. The molecule has 0 bridgehead atoms. The molecule has 0 unspecified atom stereocenters. The molecule has 0 spiro atoms. The number of thiazole rings is 1. The highest BCUT2D eigenvalue weighted by molar-refractivity contribution is 7.92. The Balaban J connectivity index is 1.86. The Morgan fingerprint density at radius 3 is 2.83 bits per heavy atom. The lowest BCUT2D eigenvalue weighted by Crippen LogP contribution is -2.34. The Kier molecular flexibility index (Phi) is 4.07. The zero-order valence-electron chi connectivity index (χ0n) is 12.7. The van der Waals surface area contributed by atoms with Crippen molar-refractivity contribution in [2.75, 3.05) is 22.4 Å². The van der Waals surface area contributed by atoms with Crippen LogP contribution in [0.4, 0.5) is 11.6 Å². The number of carbonyl (C=O) groups excluding carboxylic acids is 1. The first-order chi connectivity index (χ1) is 10.8. The van der Waals surface area contributed by atoms with Crippen LogP contribution in [0, 0.1) is 6.92 Å². The summed E-state index contributed by atoms with van der Waals surface area (Å²) < 4.78 is 24.9. The third kappa shape index (κ3) is 3.35. The van der Waals surface area contributed by atoms with E-state index in [1.165, 1.54) is 15.6 Å². The molecule has 2 aromatic heterocycles. The molecule has 0 aromatic carbocycles. The smallest absolute Gasteiger partial charge is 0.285 e. The number of fused-ring (bicyclic) bond motifs is 1. The molecule has 7 nitrogen and oxygen atoms in total. The molecule has 1 aliphatic heterocycles. The van der Waals surface area contributed by atoms with Gasteiger partial charge in [0.1, 0.15) is 5.82 Å². The summed E-state index contributed by atoms with van der Waals surface area (Å²) in [7, 11) is -3.38. The largest absolute Gasteiger partial charge is 0.304 e. The van der Waals surface area contributed by atoms with E-state index in [1.54, 1.807) is 12.3 Å². The SMILES string of the molecule is Cc1ccc(NC(=O)c2nc3c(s2)CCCN3S(C)(=O)=O)nc1. The standard InChI is InChI=1S/C14H16N4O3S2/c1-9-5-6-11(15-8-9)16-13(19)14-17-12-10(22-14)4-3-7-18(12)23(2,20)21/h5-6,8H,3-4,7H2,1-2H3,(H,15,16,19). The minimum absolute atomic E-state index is 0.243. The van der Waals surface area contributed by atoms with Crippen molar-refractivity contribution in [1.82, 2.24) is 9.97 Å². The lowest BCUT2D eigenvalue weighted by Gasteiger charge is -2.24. The summed E-state index contributed by atoms with van der Waals surface area (Å²) in [5.41, 5.74) is 0.997. The van der Waals surface area contributed by atoms with Gasteiger partial charge in [-0.1, -0.05) is 6.07 Å². The van der Waals surface area contributed by atoms with Gasteiger partial charge in [-0.05, 0) is 31.4 Å². The summed E-state index contributed by atoms with van der Waals surface area (Å²) in [6.07, 6.45) is 4.27. The van der Waals surface area contributed by atoms with Gasteiger partial charge < -0.3 is 5.32 Å². The molecule has 2 aromatic rings. The first-order valence-corrected chi connectivity index (χ1v) is 9.72. The summed E-state index contributed by atoms with van der Waals surface area (Å²) in [4.78, 5) is 21.5. The van der Waals surface area contributed by atoms with E-state index >= 15 is 0 Å². The minimum Gasteiger partial charge on any atom is -0.304 e. The molecule has 3 heterocycles. The van der Waals surface area contributed by atoms with Gasteiger partial charge in [0.25, 0.3) is 5.91 Å². The monoisotopic (exact) mass is 352 g/mol. The van der Waals surface area contributed by atoms with Gasteiger partial charge in [0.05, 0.1) is 11.1 Å². The Hall–Kier alpha value is -2.00. The number of nitrogens with zero attached hydrogens (tertiary/aromatic N) is 3. The van der Waals surface area contributed by atoms with Gasteiger partial charge in [-0.2, -0.15) is 0 Å². The van der Waals surface area contributed by atoms with Crippen LogP contribution in [0.1, 0.15) is 26.7 Å². The number of hydrogen-bond donors (Lipinski definition) is 1. The first-order valence-electron chi connectivity index (χ1n) is 7.06. The van der Waals surface area contributed by atoms with E-state index in [4.69, 9.17) is 0 Å². The topological polar surface area (TPSA) is 92.3 Å². The highest BCUT2D eigenvalue weighted by Gasteiger charge is 2.29. The molecule has 0 saturated carbocycles. The summed E-state index contributed by atoms with van der Waals surface area (Å²) in [5.74, 6) is 0.439. The molecule has 0 saturated heterocycles. The van der Waals surface area contributed by atoms with E-state index < -0.39 is 10.0 Å². The first kappa shape index (κ1) is 15.9. The summed E-state index contributed by atoms with van der Waals surface area (Å²) in [6.45, 7) is 2.31. The Morgan fingerprint density at radius 1 is 1.39 bits per heavy atom. The van der Waals surface area contributed by atoms with Crippen molar-refractivity contribution in [2.45, 2.75) is 19.8 Å². The van der Waals surface area contributed by atoms with Gasteiger partial charge in [-0.3, -0.25) is 9.10 Å². The van der Waals surface area contributed by atoms with Crippen molar-refractivity contribution in [3.05, 3.63) is 33.8 Å². The number of rotatable bonds is 3.